The summed E-state index contributed by atoms with van der Waals surface area (Å²) < 4.78 is 16.8. The molecule has 0 spiro atoms. The van der Waals surface area contributed by atoms with Gasteiger partial charge in [-0.15, -0.1) is 0 Å². The van der Waals surface area contributed by atoms with Crippen molar-refractivity contribution < 1.29 is 28.6 Å². The molecule has 0 radical (unpaired) electrons. The lowest BCUT2D eigenvalue weighted by Crippen LogP contribution is -2.30. The van der Waals surface area contributed by atoms with E-state index in [0.29, 0.717) is 19.3 Å². The van der Waals surface area contributed by atoms with Crippen molar-refractivity contribution in [2.75, 3.05) is 13.2 Å². The van der Waals surface area contributed by atoms with Crippen LogP contribution in [0.1, 0.15) is 303 Å². The van der Waals surface area contributed by atoms with E-state index in [1.54, 1.807) is 0 Å². The Labute approximate surface area is 380 Å². The SMILES string of the molecule is CCCCC/C=C\CCCCCCCC(=O)OC(COC(=O)CCCCCCCCCCCCC)COC(=O)CCCCCCCCCCCCCCCCCCCCCC. The lowest BCUT2D eigenvalue weighted by atomic mass is 10.0. The molecule has 0 aromatic rings. The Balaban J connectivity index is 4.23. The average molecular weight is 861 g/mol. The van der Waals surface area contributed by atoms with E-state index in [9.17, 15) is 14.4 Å². The normalized spacial score (nSPS) is 12.0. The molecule has 0 saturated carbocycles. The van der Waals surface area contributed by atoms with Gasteiger partial charge in [0.05, 0.1) is 0 Å². The lowest BCUT2D eigenvalue weighted by molar-refractivity contribution is -0.167. The third-order valence-corrected chi connectivity index (χ3v) is 12.3. The van der Waals surface area contributed by atoms with Gasteiger partial charge in [0.2, 0.25) is 0 Å². The Morgan fingerprint density at radius 1 is 0.311 bits per heavy atom. The summed E-state index contributed by atoms with van der Waals surface area (Å²) in [6.45, 7) is 6.64. The zero-order chi connectivity index (χ0) is 44.4. The molecule has 0 N–H and O–H groups in total. The monoisotopic (exact) mass is 861 g/mol. The number of carbonyl (C=O) groups excluding carboxylic acids is 3. The molecular formula is C55H104O6. The number of rotatable bonds is 50. The molecule has 6 nitrogen and oxygen atoms in total. The molecule has 0 aromatic carbocycles. The predicted octanol–water partition coefficient (Wildman–Crippen LogP) is 17.8. The molecule has 0 rings (SSSR count). The maximum atomic E-state index is 12.8. The molecule has 61 heavy (non-hydrogen) atoms. The van der Waals surface area contributed by atoms with Gasteiger partial charge in [-0.1, -0.05) is 251 Å². The molecule has 0 aliphatic heterocycles. The van der Waals surface area contributed by atoms with Gasteiger partial charge in [0.1, 0.15) is 13.2 Å². The highest BCUT2D eigenvalue weighted by atomic mass is 16.6. The zero-order valence-corrected chi connectivity index (χ0v) is 41.2. The van der Waals surface area contributed by atoms with E-state index in [1.165, 1.54) is 199 Å². The fraction of sp³-hybridized carbons (Fsp3) is 0.909. The van der Waals surface area contributed by atoms with Gasteiger partial charge in [-0.3, -0.25) is 14.4 Å². The molecule has 0 bridgehead atoms. The van der Waals surface area contributed by atoms with Gasteiger partial charge < -0.3 is 14.2 Å². The minimum Gasteiger partial charge on any atom is -0.462 e. The highest BCUT2D eigenvalue weighted by molar-refractivity contribution is 5.71. The summed E-state index contributed by atoms with van der Waals surface area (Å²) in [6, 6.07) is 0. The van der Waals surface area contributed by atoms with Crippen LogP contribution in [-0.4, -0.2) is 37.2 Å². The molecule has 360 valence electrons. The number of allylic oxidation sites excluding steroid dienone is 2. The molecule has 0 heterocycles. The quantitative estimate of drug-likeness (QED) is 0.0262. The number of hydrogen-bond donors (Lipinski definition) is 0. The molecule has 1 unspecified atom stereocenters. The molecule has 1 atom stereocenters. The van der Waals surface area contributed by atoms with Crippen LogP contribution in [-0.2, 0) is 28.6 Å². The number of ether oxygens (including phenoxy) is 3. The third-order valence-electron chi connectivity index (χ3n) is 12.3. The van der Waals surface area contributed by atoms with Crippen LogP contribution in [0.5, 0.6) is 0 Å². The summed E-state index contributed by atoms with van der Waals surface area (Å²) in [4.78, 5) is 37.9. The van der Waals surface area contributed by atoms with Crippen LogP contribution in [0.2, 0.25) is 0 Å². The Morgan fingerprint density at radius 3 is 0.852 bits per heavy atom. The summed E-state index contributed by atoms with van der Waals surface area (Å²) in [7, 11) is 0. The van der Waals surface area contributed by atoms with Gasteiger partial charge in [0.25, 0.3) is 0 Å². The van der Waals surface area contributed by atoms with Crippen molar-refractivity contribution >= 4 is 17.9 Å². The standard InChI is InChI=1S/C55H104O6/c1-4-7-10-13-16-19-22-24-25-26-27-28-29-30-31-34-36-39-42-45-48-54(57)60-51-52(50-59-53(56)47-44-41-38-35-32-21-18-15-12-9-6-3)61-55(58)49-46-43-40-37-33-23-20-17-14-11-8-5-2/h17,20,52H,4-16,18-19,21-51H2,1-3H3/b20-17-. The first-order valence-electron chi connectivity index (χ1n) is 27.2. The van der Waals surface area contributed by atoms with E-state index in [0.717, 1.165) is 64.2 Å². The Bertz CT molecular complexity index is 947. The van der Waals surface area contributed by atoms with E-state index in [1.807, 2.05) is 0 Å². The summed E-state index contributed by atoms with van der Waals surface area (Å²) in [5.74, 6) is -0.860. The zero-order valence-electron chi connectivity index (χ0n) is 41.2. The average Bonchev–Trinajstić information content (AvgIpc) is 3.26. The summed E-state index contributed by atoms with van der Waals surface area (Å²) in [5.41, 5.74) is 0. The number of unbranched alkanes of at least 4 members (excludes halogenated alkanes) is 37. The van der Waals surface area contributed by atoms with Crippen LogP contribution in [0.15, 0.2) is 12.2 Å². The minimum atomic E-state index is -0.767. The Hall–Kier alpha value is -1.85. The summed E-state index contributed by atoms with van der Waals surface area (Å²) in [5, 5.41) is 0. The van der Waals surface area contributed by atoms with Crippen LogP contribution in [0.3, 0.4) is 0 Å². The maximum absolute atomic E-state index is 12.8. The number of hydrogen-bond acceptors (Lipinski definition) is 6. The van der Waals surface area contributed by atoms with Crippen molar-refractivity contribution in [2.24, 2.45) is 0 Å². The number of esters is 3. The molecule has 0 amide bonds. The molecule has 0 aliphatic rings. The second-order valence-electron chi connectivity index (χ2n) is 18.5. The second-order valence-corrected chi connectivity index (χ2v) is 18.5. The highest BCUT2D eigenvalue weighted by Crippen LogP contribution is 2.17. The van der Waals surface area contributed by atoms with E-state index < -0.39 is 6.10 Å². The van der Waals surface area contributed by atoms with E-state index in [2.05, 4.69) is 32.9 Å². The maximum Gasteiger partial charge on any atom is 0.306 e. The van der Waals surface area contributed by atoms with Gasteiger partial charge in [0.15, 0.2) is 6.10 Å². The van der Waals surface area contributed by atoms with Crippen molar-refractivity contribution in [3.63, 3.8) is 0 Å². The summed E-state index contributed by atoms with van der Waals surface area (Å²) in [6.07, 6.45) is 56.3. The van der Waals surface area contributed by atoms with Crippen LogP contribution in [0.25, 0.3) is 0 Å². The number of carbonyl (C=O) groups is 3. The fourth-order valence-corrected chi connectivity index (χ4v) is 8.14. The van der Waals surface area contributed by atoms with Crippen LogP contribution >= 0.6 is 0 Å². The lowest BCUT2D eigenvalue weighted by Gasteiger charge is -2.18. The molecule has 0 aromatic heterocycles. The highest BCUT2D eigenvalue weighted by Gasteiger charge is 2.19. The van der Waals surface area contributed by atoms with Crippen molar-refractivity contribution in [2.45, 2.75) is 309 Å². The van der Waals surface area contributed by atoms with Crippen molar-refractivity contribution in [1.82, 2.24) is 0 Å². The largest absolute Gasteiger partial charge is 0.462 e. The molecular weight excluding hydrogens is 757 g/mol. The molecule has 0 aliphatic carbocycles. The smallest absolute Gasteiger partial charge is 0.306 e. The van der Waals surface area contributed by atoms with E-state index in [4.69, 9.17) is 14.2 Å². The van der Waals surface area contributed by atoms with E-state index >= 15 is 0 Å². The van der Waals surface area contributed by atoms with Crippen molar-refractivity contribution in [1.29, 1.82) is 0 Å². The Morgan fingerprint density at radius 2 is 0.541 bits per heavy atom. The van der Waals surface area contributed by atoms with Crippen molar-refractivity contribution in [3.8, 4) is 0 Å². The van der Waals surface area contributed by atoms with Gasteiger partial charge in [-0.25, -0.2) is 0 Å². The first kappa shape index (κ1) is 59.1. The predicted molar refractivity (Wildman–Crippen MR) is 261 cm³/mol. The van der Waals surface area contributed by atoms with Gasteiger partial charge in [-0.05, 0) is 44.9 Å². The Kier molecular flexibility index (Phi) is 49.3. The van der Waals surface area contributed by atoms with Gasteiger partial charge in [-0.2, -0.15) is 0 Å². The first-order chi connectivity index (χ1) is 30.0. The van der Waals surface area contributed by atoms with Gasteiger partial charge in [0, 0.05) is 19.3 Å². The molecule has 6 heteroatoms. The molecule has 0 saturated heterocycles. The first-order valence-corrected chi connectivity index (χ1v) is 27.2. The fourth-order valence-electron chi connectivity index (χ4n) is 8.14. The van der Waals surface area contributed by atoms with Crippen molar-refractivity contribution in [3.05, 3.63) is 12.2 Å². The third kappa shape index (κ3) is 49.0. The topological polar surface area (TPSA) is 78.9 Å². The van der Waals surface area contributed by atoms with Crippen LogP contribution < -0.4 is 0 Å². The minimum absolute atomic E-state index is 0.0680. The second kappa shape index (κ2) is 50.8. The summed E-state index contributed by atoms with van der Waals surface area (Å²) >= 11 is 0. The van der Waals surface area contributed by atoms with Gasteiger partial charge >= 0.3 is 17.9 Å². The van der Waals surface area contributed by atoms with E-state index in [-0.39, 0.29) is 31.1 Å². The van der Waals surface area contributed by atoms with Crippen LogP contribution in [0.4, 0.5) is 0 Å². The van der Waals surface area contributed by atoms with Crippen LogP contribution in [0, 0.1) is 0 Å². The molecule has 0 fully saturated rings.